The Morgan fingerprint density at radius 3 is 2.78 bits per heavy atom. The summed E-state index contributed by atoms with van der Waals surface area (Å²) in [6.45, 7) is 3.40. The number of benzene rings is 1. The molecule has 2 aromatic heterocycles. The van der Waals surface area contributed by atoms with Crippen LogP contribution < -0.4 is 5.32 Å². The van der Waals surface area contributed by atoms with E-state index >= 15 is 0 Å². The molecule has 0 saturated carbocycles. The number of carbonyl (C=O) groups excluding carboxylic acids is 1. The van der Waals surface area contributed by atoms with Crippen LogP contribution in [0.25, 0.3) is 21.3 Å². The predicted octanol–water partition coefficient (Wildman–Crippen LogP) is 4.56. The third-order valence-electron chi connectivity index (χ3n) is 4.43. The zero-order chi connectivity index (χ0) is 19.2. The molecule has 0 aliphatic carbocycles. The molecule has 0 aliphatic rings. The molecule has 142 valence electrons. The second-order valence-electron chi connectivity index (χ2n) is 6.40. The highest BCUT2D eigenvalue weighted by Crippen LogP contribution is 2.36. The quantitative estimate of drug-likeness (QED) is 0.617. The number of thiophene rings is 1. The maximum atomic E-state index is 13.2. The van der Waals surface area contributed by atoms with Gasteiger partial charge in [-0.2, -0.15) is 0 Å². The second kappa shape index (κ2) is 8.90. The number of halogens is 1. The molecule has 5 nitrogen and oxygen atoms in total. The topological polar surface area (TPSA) is 58.1 Å². The van der Waals surface area contributed by atoms with E-state index in [1.807, 2.05) is 12.4 Å². The van der Waals surface area contributed by atoms with Crippen molar-refractivity contribution in [1.29, 1.82) is 0 Å². The Morgan fingerprint density at radius 1 is 1.26 bits per heavy atom. The van der Waals surface area contributed by atoms with Gasteiger partial charge < -0.3 is 10.2 Å². The van der Waals surface area contributed by atoms with Gasteiger partial charge in [0.25, 0.3) is 0 Å². The van der Waals surface area contributed by atoms with Gasteiger partial charge in [0.15, 0.2) is 0 Å². The van der Waals surface area contributed by atoms with Gasteiger partial charge in [-0.1, -0.05) is 25.5 Å². The minimum atomic E-state index is -0.265. The zero-order valence-corrected chi connectivity index (χ0v) is 16.4. The summed E-state index contributed by atoms with van der Waals surface area (Å²) in [5.74, 6) is 0.550. The largest absolute Gasteiger partial charge is 0.369 e. The lowest BCUT2D eigenvalue weighted by Crippen LogP contribution is -2.29. The van der Waals surface area contributed by atoms with Gasteiger partial charge in [0, 0.05) is 37.5 Å². The van der Waals surface area contributed by atoms with Gasteiger partial charge in [-0.3, -0.25) is 4.79 Å². The molecule has 0 fully saturated rings. The predicted molar refractivity (Wildman–Crippen MR) is 108 cm³/mol. The first-order valence-electron chi connectivity index (χ1n) is 9.06. The molecule has 1 N–H and O–H groups in total. The first-order chi connectivity index (χ1) is 13.1. The third-order valence-corrected chi connectivity index (χ3v) is 5.32. The number of hydrogen-bond acceptors (Lipinski definition) is 5. The van der Waals surface area contributed by atoms with Crippen molar-refractivity contribution in [1.82, 2.24) is 14.9 Å². The Morgan fingerprint density at radius 2 is 2.04 bits per heavy atom. The van der Waals surface area contributed by atoms with E-state index in [9.17, 15) is 9.18 Å². The molecule has 0 atom stereocenters. The van der Waals surface area contributed by atoms with E-state index in [2.05, 4.69) is 22.2 Å². The number of aromatic nitrogens is 2. The zero-order valence-electron chi connectivity index (χ0n) is 15.5. The Balaban J connectivity index is 1.74. The molecule has 27 heavy (non-hydrogen) atoms. The molecule has 3 aromatic rings. The molecule has 0 saturated heterocycles. The van der Waals surface area contributed by atoms with Gasteiger partial charge in [0.05, 0.1) is 5.39 Å². The van der Waals surface area contributed by atoms with E-state index in [-0.39, 0.29) is 11.7 Å². The molecular formula is C20H23FN4OS. The highest BCUT2D eigenvalue weighted by atomic mass is 32.1. The Labute approximate surface area is 162 Å². The number of amides is 1. The molecule has 0 aliphatic heterocycles. The van der Waals surface area contributed by atoms with Gasteiger partial charge in [0.2, 0.25) is 5.91 Å². The monoisotopic (exact) mass is 386 g/mol. The lowest BCUT2D eigenvalue weighted by molar-refractivity contribution is -0.129. The third kappa shape index (κ3) is 4.60. The van der Waals surface area contributed by atoms with Crippen LogP contribution in [0.5, 0.6) is 0 Å². The van der Waals surface area contributed by atoms with Gasteiger partial charge in [0.1, 0.15) is 22.8 Å². The Kier molecular flexibility index (Phi) is 6.34. The molecule has 0 radical (unpaired) electrons. The van der Waals surface area contributed by atoms with Crippen LogP contribution in [-0.2, 0) is 4.79 Å². The van der Waals surface area contributed by atoms with Crippen molar-refractivity contribution in [2.24, 2.45) is 0 Å². The maximum absolute atomic E-state index is 13.2. The van der Waals surface area contributed by atoms with Gasteiger partial charge >= 0.3 is 0 Å². The average Bonchev–Trinajstić information content (AvgIpc) is 3.11. The van der Waals surface area contributed by atoms with Crippen molar-refractivity contribution in [3.05, 3.63) is 41.8 Å². The summed E-state index contributed by atoms with van der Waals surface area (Å²) in [7, 11) is 1.84. The van der Waals surface area contributed by atoms with Crippen LogP contribution >= 0.6 is 11.3 Å². The van der Waals surface area contributed by atoms with Crippen LogP contribution in [0.15, 0.2) is 36.0 Å². The summed E-state index contributed by atoms with van der Waals surface area (Å²) >= 11 is 1.52. The van der Waals surface area contributed by atoms with Gasteiger partial charge in [-0.15, -0.1) is 11.3 Å². The number of carbonyl (C=O) groups is 1. The van der Waals surface area contributed by atoms with Crippen molar-refractivity contribution in [2.75, 3.05) is 25.5 Å². The second-order valence-corrected chi connectivity index (χ2v) is 7.26. The van der Waals surface area contributed by atoms with Crippen LogP contribution in [0.1, 0.15) is 26.2 Å². The molecule has 0 spiro atoms. The SMILES string of the molecule is CCCCN(C)C(=O)CCNc1ncnc2scc(-c3ccc(F)cc3)c12. The Bertz CT molecular complexity index is 910. The molecule has 2 heterocycles. The average molecular weight is 386 g/mol. The summed E-state index contributed by atoms with van der Waals surface area (Å²) in [6, 6.07) is 6.39. The minimum absolute atomic E-state index is 0.116. The number of nitrogens with one attached hydrogen (secondary N) is 1. The Hall–Kier alpha value is -2.54. The van der Waals surface area contributed by atoms with E-state index in [4.69, 9.17) is 0 Å². The van der Waals surface area contributed by atoms with Crippen molar-refractivity contribution in [3.63, 3.8) is 0 Å². The van der Waals surface area contributed by atoms with Gasteiger partial charge in [-0.05, 0) is 24.1 Å². The fourth-order valence-electron chi connectivity index (χ4n) is 2.85. The van der Waals surface area contributed by atoms with Crippen LogP contribution in [0.3, 0.4) is 0 Å². The summed E-state index contributed by atoms with van der Waals surface area (Å²) in [5, 5.41) is 6.18. The van der Waals surface area contributed by atoms with E-state index in [0.717, 1.165) is 40.7 Å². The van der Waals surface area contributed by atoms with E-state index < -0.39 is 0 Å². The summed E-state index contributed by atoms with van der Waals surface area (Å²) < 4.78 is 13.2. The number of fused-ring (bicyclic) bond motifs is 1. The molecule has 1 aromatic carbocycles. The highest BCUT2D eigenvalue weighted by molar-refractivity contribution is 7.17. The molecule has 0 bridgehead atoms. The maximum Gasteiger partial charge on any atom is 0.224 e. The van der Waals surface area contributed by atoms with Crippen LogP contribution in [-0.4, -0.2) is 40.9 Å². The normalized spacial score (nSPS) is 10.9. The van der Waals surface area contributed by atoms with E-state index in [0.29, 0.717) is 18.8 Å². The first kappa shape index (κ1) is 19.2. The van der Waals surface area contributed by atoms with E-state index in [1.54, 1.807) is 17.0 Å². The van der Waals surface area contributed by atoms with Crippen LogP contribution in [0, 0.1) is 5.82 Å². The number of nitrogens with zero attached hydrogens (tertiary/aromatic N) is 3. The summed E-state index contributed by atoms with van der Waals surface area (Å²) in [5.41, 5.74) is 1.88. The minimum Gasteiger partial charge on any atom is -0.369 e. The first-order valence-corrected chi connectivity index (χ1v) is 9.94. The number of unbranched alkanes of at least 4 members (excludes halogenated alkanes) is 1. The standard InChI is InChI=1S/C20H23FN4OS/c1-3-4-11-25(2)17(26)9-10-22-19-18-16(12-27-20(18)24-13-23-19)14-5-7-15(21)8-6-14/h5-8,12-13H,3-4,9-11H2,1-2H3,(H,22,23,24). The molecule has 7 heteroatoms. The number of anilines is 1. The fraction of sp³-hybridized carbons (Fsp3) is 0.350. The molecular weight excluding hydrogens is 363 g/mol. The van der Waals surface area contributed by atoms with Crippen LogP contribution in [0.4, 0.5) is 10.2 Å². The summed E-state index contributed by atoms with van der Waals surface area (Å²) in [4.78, 5) is 23.5. The number of rotatable bonds is 8. The van der Waals surface area contributed by atoms with Crippen LogP contribution in [0.2, 0.25) is 0 Å². The smallest absolute Gasteiger partial charge is 0.224 e. The van der Waals surface area contributed by atoms with Crippen molar-refractivity contribution >= 4 is 33.3 Å². The lowest BCUT2D eigenvalue weighted by atomic mass is 10.1. The summed E-state index contributed by atoms with van der Waals surface area (Å²) in [6.07, 6.45) is 4.00. The van der Waals surface area contributed by atoms with Crippen molar-refractivity contribution < 1.29 is 9.18 Å². The van der Waals surface area contributed by atoms with Gasteiger partial charge in [-0.25, -0.2) is 14.4 Å². The highest BCUT2D eigenvalue weighted by Gasteiger charge is 2.14. The van der Waals surface area contributed by atoms with Crippen molar-refractivity contribution in [3.8, 4) is 11.1 Å². The lowest BCUT2D eigenvalue weighted by Gasteiger charge is -2.17. The fourth-order valence-corrected chi connectivity index (χ4v) is 3.77. The van der Waals surface area contributed by atoms with Crippen molar-refractivity contribution in [2.45, 2.75) is 26.2 Å². The number of hydrogen-bond donors (Lipinski definition) is 1. The molecule has 0 unspecified atom stereocenters. The molecule has 3 rings (SSSR count). The molecule has 1 amide bonds. The van der Waals surface area contributed by atoms with E-state index in [1.165, 1.54) is 29.8 Å².